The Hall–Kier alpha value is -3.67. The molecular weight excluding hydrogens is 366 g/mol. The maximum Gasteiger partial charge on any atom is 0.240 e. The second-order valence-electron chi connectivity index (χ2n) is 6.56. The summed E-state index contributed by atoms with van der Waals surface area (Å²) >= 11 is 0. The Balaban J connectivity index is 1.57. The minimum atomic E-state index is -0.333. The van der Waals surface area contributed by atoms with Crippen LogP contribution in [0.2, 0.25) is 0 Å². The number of carbonyl (C=O) groups excluding carboxylic acids is 2. The molecule has 0 heterocycles. The Kier molecular flexibility index (Phi) is 6.58. The summed E-state index contributed by atoms with van der Waals surface area (Å²) in [5.74, 6) is 0.119. The fourth-order valence-corrected chi connectivity index (χ4v) is 2.96. The van der Waals surface area contributed by atoms with Gasteiger partial charge in [0.1, 0.15) is 5.75 Å². The molecule has 148 valence electrons. The van der Waals surface area contributed by atoms with E-state index in [1.807, 2.05) is 67.6 Å². The maximum atomic E-state index is 12.0. The molecule has 2 N–H and O–H groups in total. The fourth-order valence-electron chi connectivity index (χ4n) is 2.96. The van der Waals surface area contributed by atoms with Gasteiger partial charge in [0.15, 0.2) is 0 Å². The number of anilines is 1. The van der Waals surface area contributed by atoms with Gasteiger partial charge in [-0.15, -0.1) is 0 Å². The molecule has 0 fully saturated rings. The van der Waals surface area contributed by atoms with Crippen LogP contribution in [0, 0.1) is 6.92 Å². The number of hydrazone groups is 1. The number of hydrogen-bond acceptors (Lipinski definition) is 4. The lowest BCUT2D eigenvalue weighted by atomic mass is 10.0. The van der Waals surface area contributed by atoms with E-state index in [9.17, 15) is 9.59 Å². The van der Waals surface area contributed by atoms with Crippen LogP contribution < -0.4 is 15.5 Å². The van der Waals surface area contributed by atoms with Crippen LogP contribution >= 0.6 is 0 Å². The zero-order valence-corrected chi connectivity index (χ0v) is 16.4. The molecule has 0 saturated carbocycles. The van der Waals surface area contributed by atoms with Crippen LogP contribution in [0.3, 0.4) is 0 Å². The highest BCUT2D eigenvalue weighted by Crippen LogP contribution is 2.26. The van der Waals surface area contributed by atoms with Gasteiger partial charge >= 0.3 is 0 Å². The zero-order valence-electron chi connectivity index (χ0n) is 16.4. The predicted octanol–water partition coefficient (Wildman–Crippen LogP) is 4.03. The van der Waals surface area contributed by atoms with Crippen LogP contribution in [0.5, 0.6) is 5.75 Å². The van der Waals surface area contributed by atoms with E-state index >= 15 is 0 Å². The minimum absolute atomic E-state index is 0.0434. The van der Waals surface area contributed by atoms with Gasteiger partial charge in [-0.1, -0.05) is 48.5 Å². The van der Waals surface area contributed by atoms with Crippen LogP contribution in [-0.2, 0) is 9.59 Å². The number of aryl methyl sites for hydroxylation is 1. The van der Waals surface area contributed by atoms with Gasteiger partial charge in [-0.05, 0) is 35.4 Å². The van der Waals surface area contributed by atoms with E-state index in [-0.39, 0.29) is 24.7 Å². The van der Waals surface area contributed by atoms with Crippen molar-refractivity contribution in [2.75, 3.05) is 12.4 Å². The lowest BCUT2D eigenvalue weighted by molar-refractivity contribution is -0.124. The van der Waals surface area contributed by atoms with Gasteiger partial charge in [0.05, 0.1) is 13.3 Å². The topological polar surface area (TPSA) is 79.8 Å². The lowest BCUT2D eigenvalue weighted by Crippen LogP contribution is -2.21. The third-order valence-electron chi connectivity index (χ3n) is 4.53. The first kappa shape index (κ1) is 20.1. The molecule has 0 aromatic heterocycles. The van der Waals surface area contributed by atoms with Crippen molar-refractivity contribution in [1.82, 2.24) is 5.43 Å². The molecule has 0 radical (unpaired) electrons. The summed E-state index contributed by atoms with van der Waals surface area (Å²) in [6.45, 7) is 1.92. The van der Waals surface area contributed by atoms with Crippen LogP contribution in [0.1, 0.15) is 24.0 Å². The number of carbonyl (C=O) groups is 2. The molecule has 0 aliphatic carbocycles. The highest BCUT2D eigenvalue weighted by atomic mass is 16.5. The van der Waals surface area contributed by atoms with Gasteiger partial charge in [0.25, 0.3) is 0 Å². The molecule has 0 saturated heterocycles. The molecule has 6 nitrogen and oxygen atoms in total. The second kappa shape index (κ2) is 9.50. The van der Waals surface area contributed by atoms with Gasteiger partial charge in [0.2, 0.25) is 11.8 Å². The predicted molar refractivity (Wildman–Crippen MR) is 115 cm³/mol. The molecule has 0 bridgehead atoms. The van der Waals surface area contributed by atoms with Gasteiger partial charge in [-0.2, -0.15) is 5.10 Å². The summed E-state index contributed by atoms with van der Waals surface area (Å²) in [7, 11) is 1.59. The van der Waals surface area contributed by atoms with Crippen LogP contribution in [-0.4, -0.2) is 25.1 Å². The first-order valence-corrected chi connectivity index (χ1v) is 9.31. The molecule has 0 atom stereocenters. The molecular formula is C23H23N3O3. The van der Waals surface area contributed by atoms with Crippen molar-refractivity contribution in [2.24, 2.45) is 5.10 Å². The number of nitrogens with zero attached hydrogens (tertiary/aromatic N) is 1. The van der Waals surface area contributed by atoms with E-state index in [2.05, 4.69) is 15.8 Å². The van der Waals surface area contributed by atoms with Crippen molar-refractivity contribution >= 4 is 34.5 Å². The van der Waals surface area contributed by atoms with Crippen LogP contribution in [0.4, 0.5) is 5.69 Å². The molecule has 2 amide bonds. The summed E-state index contributed by atoms with van der Waals surface area (Å²) in [6.07, 6.45) is 1.68. The number of ether oxygens (including phenoxy) is 1. The number of para-hydroxylation sites is 1. The first-order valence-electron chi connectivity index (χ1n) is 9.31. The molecule has 3 aromatic rings. The Morgan fingerprint density at radius 3 is 2.48 bits per heavy atom. The molecule has 29 heavy (non-hydrogen) atoms. The fraction of sp³-hybridized carbons (Fsp3) is 0.174. The van der Waals surface area contributed by atoms with Crippen molar-refractivity contribution < 1.29 is 14.3 Å². The van der Waals surface area contributed by atoms with Crippen molar-refractivity contribution in [3.05, 3.63) is 71.8 Å². The standard InChI is InChI=1S/C23H23N3O3/c1-16-7-3-6-10-20(16)25-22(27)13-14-23(28)26-24-15-19-18-9-5-4-8-17(18)11-12-21(19)29-2/h3-12,15H,13-14H2,1-2H3,(H,25,27)(H,26,28). The molecule has 0 unspecified atom stereocenters. The third kappa shape index (κ3) is 5.19. The van der Waals surface area contributed by atoms with E-state index in [0.717, 1.165) is 27.6 Å². The largest absolute Gasteiger partial charge is 0.496 e. The summed E-state index contributed by atoms with van der Waals surface area (Å²) in [6, 6.07) is 19.2. The zero-order chi connectivity index (χ0) is 20.6. The third-order valence-corrected chi connectivity index (χ3v) is 4.53. The Bertz CT molecular complexity index is 1060. The quantitative estimate of drug-likeness (QED) is 0.473. The van der Waals surface area contributed by atoms with Crippen molar-refractivity contribution in [1.29, 1.82) is 0 Å². The summed E-state index contributed by atoms with van der Waals surface area (Å²) < 4.78 is 5.40. The van der Waals surface area contributed by atoms with E-state index in [1.165, 1.54) is 0 Å². The average molecular weight is 389 g/mol. The van der Waals surface area contributed by atoms with Gasteiger partial charge in [-0.25, -0.2) is 5.43 Å². The summed E-state index contributed by atoms with van der Waals surface area (Å²) in [5.41, 5.74) is 4.97. The summed E-state index contributed by atoms with van der Waals surface area (Å²) in [4.78, 5) is 24.1. The average Bonchev–Trinajstić information content (AvgIpc) is 2.74. The Labute approximate surface area is 169 Å². The van der Waals surface area contributed by atoms with E-state index in [0.29, 0.717) is 5.75 Å². The maximum absolute atomic E-state index is 12.0. The minimum Gasteiger partial charge on any atom is -0.496 e. The molecule has 0 aliphatic heterocycles. The normalized spacial score (nSPS) is 10.8. The number of methoxy groups -OCH3 is 1. The molecule has 6 heteroatoms. The Morgan fingerprint density at radius 1 is 0.966 bits per heavy atom. The molecule has 0 spiro atoms. The van der Waals surface area contributed by atoms with Crippen molar-refractivity contribution in [2.45, 2.75) is 19.8 Å². The van der Waals surface area contributed by atoms with Crippen LogP contribution in [0.15, 0.2) is 65.8 Å². The van der Waals surface area contributed by atoms with E-state index in [4.69, 9.17) is 4.74 Å². The number of nitrogens with one attached hydrogen (secondary N) is 2. The second-order valence-corrected chi connectivity index (χ2v) is 6.56. The van der Waals surface area contributed by atoms with Gasteiger partial charge < -0.3 is 10.1 Å². The van der Waals surface area contributed by atoms with Crippen molar-refractivity contribution in [3.63, 3.8) is 0 Å². The molecule has 3 rings (SSSR count). The highest BCUT2D eigenvalue weighted by molar-refractivity contribution is 6.02. The highest BCUT2D eigenvalue weighted by Gasteiger charge is 2.09. The smallest absolute Gasteiger partial charge is 0.240 e. The Morgan fingerprint density at radius 2 is 1.69 bits per heavy atom. The summed E-state index contributed by atoms with van der Waals surface area (Å²) in [5, 5.41) is 8.87. The number of hydrogen-bond donors (Lipinski definition) is 2. The van der Waals surface area contributed by atoms with E-state index in [1.54, 1.807) is 13.3 Å². The van der Waals surface area contributed by atoms with Gasteiger partial charge in [0, 0.05) is 24.1 Å². The van der Waals surface area contributed by atoms with Gasteiger partial charge in [-0.3, -0.25) is 9.59 Å². The monoisotopic (exact) mass is 389 g/mol. The molecule has 0 aliphatic rings. The number of rotatable bonds is 7. The number of amides is 2. The number of fused-ring (bicyclic) bond motifs is 1. The van der Waals surface area contributed by atoms with E-state index < -0.39 is 0 Å². The van der Waals surface area contributed by atoms with Crippen molar-refractivity contribution in [3.8, 4) is 5.75 Å². The SMILES string of the molecule is COc1ccc2ccccc2c1C=NNC(=O)CCC(=O)Nc1ccccc1C. The van der Waals surface area contributed by atoms with Crippen LogP contribution in [0.25, 0.3) is 10.8 Å². The first-order chi connectivity index (χ1) is 14.1. The lowest BCUT2D eigenvalue weighted by Gasteiger charge is -2.08. The number of benzene rings is 3. The molecule has 3 aromatic carbocycles.